The van der Waals surface area contributed by atoms with Gasteiger partial charge in [0.15, 0.2) is 0 Å². The molecule has 108 valence electrons. The highest BCUT2D eigenvalue weighted by Crippen LogP contribution is 2.28. The molecule has 1 aromatic carbocycles. The van der Waals surface area contributed by atoms with E-state index in [4.69, 9.17) is 0 Å². The summed E-state index contributed by atoms with van der Waals surface area (Å²) in [7, 11) is 0. The summed E-state index contributed by atoms with van der Waals surface area (Å²) in [6.45, 7) is 2.89. The van der Waals surface area contributed by atoms with Crippen LogP contribution >= 0.6 is 0 Å². The number of nitrogens with one attached hydrogen (secondary N) is 1. The third-order valence-corrected chi connectivity index (χ3v) is 4.69. The lowest BCUT2D eigenvalue weighted by atomic mass is 9.98. The fraction of sp³-hybridized carbons (Fsp3) is 0.562. The first-order valence-corrected chi connectivity index (χ1v) is 7.51. The van der Waals surface area contributed by atoms with Gasteiger partial charge in [0.1, 0.15) is 0 Å². The van der Waals surface area contributed by atoms with Crippen LogP contribution in [0.2, 0.25) is 0 Å². The van der Waals surface area contributed by atoms with Crippen LogP contribution in [-0.4, -0.2) is 47.7 Å². The van der Waals surface area contributed by atoms with E-state index in [1.54, 1.807) is 0 Å². The van der Waals surface area contributed by atoms with E-state index in [2.05, 4.69) is 10.2 Å². The average molecular weight is 274 g/mol. The van der Waals surface area contributed by atoms with Crippen LogP contribution in [0.25, 0.3) is 0 Å². The smallest absolute Gasteiger partial charge is 0.312 e. The molecule has 3 rings (SSSR count). The first-order valence-electron chi connectivity index (χ1n) is 7.51. The van der Waals surface area contributed by atoms with Crippen molar-refractivity contribution < 1.29 is 9.90 Å². The molecule has 0 saturated carbocycles. The monoisotopic (exact) mass is 274 g/mol. The summed E-state index contributed by atoms with van der Waals surface area (Å²) in [6, 6.07) is 10.6. The van der Waals surface area contributed by atoms with Crippen LogP contribution in [0.4, 0.5) is 0 Å². The summed E-state index contributed by atoms with van der Waals surface area (Å²) in [5.74, 6) is -1.20. The summed E-state index contributed by atoms with van der Waals surface area (Å²) in [5.41, 5.74) is 0.883. The largest absolute Gasteiger partial charge is 0.481 e. The molecule has 0 amide bonds. The second-order valence-electron chi connectivity index (χ2n) is 5.85. The third-order valence-electron chi connectivity index (χ3n) is 4.69. The average Bonchev–Trinajstić information content (AvgIpc) is 3.04. The predicted molar refractivity (Wildman–Crippen MR) is 77.8 cm³/mol. The minimum absolute atomic E-state index is 0.452. The Balaban J connectivity index is 1.62. The number of rotatable bonds is 5. The van der Waals surface area contributed by atoms with E-state index < -0.39 is 11.9 Å². The lowest BCUT2D eigenvalue weighted by molar-refractivity contribution is -0.138. The fourth-order valence-electron chi connectivity index (χ4n) is 3.62. The van der Waals surface area contributed by atoms with Crippen molar-refractivity contribution in [1.29, 1.82) is 0 Å². The van der Waals surface area contributed by atoms with Crippen molar-refractivity contribution in [1.82, 2.24) is 10.2 Å². The highest BCUT2D eigenvalue weighted by atomic mass is 16.4. The van der Waals surface area contributed by atoms with E-state index in [0.29, 0.717) is 18.6 Å². The second kappa shape index (κ2) is 5.94. The molecule has 0 radical (unpaired) electrons. The topological polar surface area (TPSA) is 52.6 Å². The molecular weight excluding hydrogens is 252 g/mol. The number of carboxylic acids is 1. The standard InChI is InChI=1S/C16H22N2O2/c19-16(20)13(12-5-2-1-3-6-12)11-17-14-8-10-18-9-4-7-15(14)18/h1-3,5-6,13-15,17H,4,7-11H2,(H,19,20). The molecule has 2 N–H and O–H groups in total. The zero-order valence-corrected chi connectivity index (χ0v) is 11.7. The number of carbonyl (C=O) groups is 1. The Labute approximate surface area is 119 Å². The summed E-state index contributed by atoms with van der Waals surface area (Å²) in [4.78, 5) is 14.0. The van der Waals surface area contributed by atoms with E-state index >= 15 is 0 Å². The first-order chi connectivity index (χ1) is 9.75. The maximum atomic E-state index is 11.5. The van der Waals surface area contributed by atoms with E-state index in [-0.39, 0.29) is 0 Å². The van der Waals surface area contributed by atoms with Gasteiger partial charge in [-0.3, -0.25) is 9.69 Å². The van der Waals surface area contributed by atoms with E-state index in [0.717, 1.165) is 18.5 Å². The van der Waals surface area contributed by atoms with Crippen molar-refractivity contribution >= 4 is 5.97 Å². The van der Waals surface area contributed by atoms with Crippen LogP contribution in [0, 0.1) is 0 Å². The molecule has 2 heterocycles. The zero-order valence-electron chi connectivity index (χ0n) is 11.7. The number of fused-ring (bicyclic) bond motifs is 1. The molecule has 0 bridgehead atoms. The number of hydrogen-bond donors (Lipinski definition) is 2. The van der Waals surface area contributed by atoms with Gasteiger partial charge in [0.05, 0.1) is 5.92 Å². The van der Waals surface area contributed by atoms with Crippen LogP contribution in [0.1, 0.15) is 30.7 Å². The zero-order chi connectivity index (χ0) is 13.9. The molecule has 4 heteroatoms. The summed E-state index contributed by atoms with van der Waals surface area (Å²) in [6.07, 6.45) is 3.68. The number of aliphatic carboxylic acids is 1. The van der Waals surface area contributed by atoms with Crippen LogP contribution in [-0.2, 0) is 4.79 Å². The molecular formula is C16H22N2O2. The summed E-state index contributed by atoms with van der Waals surface area (Å²) >= 11 is 0. The molecule has 3 atom stereocenters. The predicted octanol–water partition coefficient (Wildman–Crippen LogP) is 1.68. The van der Waals surface area contributed by atoms with Crippen molar-refractivity contribution in [2.24, 2.45) is 0 Å². The van der Waals surface area contributed by atoms with Gasteiger partial charge in [-0.1, -0.05) is 30.3 Å². The third kappa shape index (κ3) is 2.72. The molecule has 2 fully saturated rings. The number of carboxylic acid groups (broad SMARTS) is 1. The van der Waals surface area contributed by atoms with Gasteiger partial charge in [0, 0.05) is 25.2 Å². The van der Waals surface area contributed by atoms with Gasteiger partial charge in [-0.2, -0.15) is 0 Å². The molecule has 3 unspecified atom stereocenters. The first kappa shape index (κ1) is 13.6. The van der Waals surface area contributed by atoms with Crippen molar-refractivity contribution in [2.75, 3.05) is 19.6 Å². The summed E-state index contributed by atoms with van der Waals surface area (Å²) in [5, 5.41) is 12.9. The molecule has 1 aromatic rings. The molecule has 0 aliphatic carbocycles. The molecule has 4 nitrogen and oxygen atoms in total. The Morgan fingerprint density at radius 2 is 2.10 bits per heavy atom. The Hall–Kier alpha value is -1.39. The lowest BCUT2D eigenvalue weighted by Gasteiger charge is -2.23. The van der Waals surface area contributed by atoms with Crippen molar-refractivity contribution in [3.63, 3.8) is 0 Å². The van der Waals surface area contributed by atoms with Gasteiger partial charge >= 0.3 is 5.97 Å². The van der Waals surface area contributed by atoms with Gasteiger partial charge < -0.3 is 10.4 Å². The summed E-state index contributed by atoms with van der Waals surface area (Å²) < 4.78 is 0. The van der Waals surface area contributed by atoms with Gasteiger partial charge in [-0.25, -0.2) is 0 Å². The van der Waals surface area contributed by atoms with E-state index in [1.807, 2.05) is 30.3 Å². The lowest BCUT2D eigenvalue weighted by Crippen LogP contribution is -2.41. The molecule has 0 spiro atoms. The van der Waals surface area contributed by atoms with Gasteiger partial charge in [0.2, 0.25) is 0 Å². The second-order valence-corrected chi connectivity index (χ2v) is 5.85. The van der Waals surface area contributed by atoms with Crippen LogP contribution in [0.5, 0.6) is 0 Å². The maximum Gasteiger partial charge on any atom is 0.312 e. The van der Waals surface area contributed by atoms with Gasteiger partial charge in [0.25, 0.3) is 0 Å². The number of nitrogens with zero attached hydrogens (tertiary/aromatic N) is 1. The minimum Gasteiger partial charge on any atom is -0.481 e. The molecule has 20 heavy (non-hydrogen) atoms. The highest BCUT2D eigenvalue weighted by Gasteiger charge is 2.37. The minimum atomic E-state index is -0.745. The van der Waals surface area contributed by atoms with Crippen molar-refractivity contribution in [3.8, 4) is 0 Å². The van der Waals surface area contributed by atoms with Crippen LogP contribution in [0.15, 0.2) is 30.3 Å². The SMILES string of the molecule is O=C(O)C(CNC1CCN2CCCC12)c1ccccc1. The number of hydrogen-bond acceptors (Lipinski definition) is 3. The Morgan fingerprint density at radius 3 is 2.85 bits per heavy atom. The van der Waals surface area contributed by atoms with E-state index in [1.165, 1.54) is 19.4 Å². The van der Waals surface area contributed by atoms with Crippen molar-refractivity contribution in [3.05, 3.63) is 35.9 Å². The highest BCUT2D eigenvalue weighted by molar-refractivity contribution is 5.76. The van der Waals surface area contributed by atoms with Crippen LogP contribution < -0.4 is 5.32 Å². The molecule has 2 saturated heterocycles. The maximum absolute atomic E-state index is 11.5. The quantitative estimate of drug-likeness (QED) is 0.858. The normalized spacial score (nSPS) is 27.4. The fourth-order valence-corrected chi connectivity index (χ4v) is 3.62. The molecule has 2 aliphatic rings. The Morgan fingerprint density at radius 1 is 1.30 bits per heavy atom. The Kier molecular flexibility index (Phi) is 4.03. The Bertz CT molecular complexity index is 463. The van der Waals surface area contributed by atoms with Gasteiger partial charge in [-0.05, 0) is 31.4 Å². The van der Waals surface area contributed by atoms with E-state index in [9.17, 15) is 9.90 Å². The van der Waals surface area contributed by atoms with Gasteiger partial charge in [-0.15, -0.1) is 0 Å². The van der Waals surface area contributed by atoms with Crippen molar-refractivity contribution in [2.45, 2.75) is 37.3 Å². The molecule has 2 aliphatic heterocycles. The molecule has 0 aromatic heterocycles. The van der Waals surface area contributed by atoms with Crippen LogP contribution in [0.3, 0.4) is 0 Å². The number of benzene rings is 1.